The lowest BCUT2D eigenvalue weighted by Gasteiger charge is -2.26. The van der Waals surface area contributed by atoms with Crippen LogP contribution in [0.4, 0.5) is 5.95 Å². The summed E-state index contributed by atoms with van der Waals surface area (Å²) >= 11 is 0. The minimum Gasteiger partial charge on any atom is -0.457 e. The van der Waals surface area contributed by atoms with Crippen LogP contribution in [0.15, 0.2) is 72.8 Å². The molecule has 1 aliphatic heterocycles. The number of para-hydroxylation sites is 4. The molecule has 0 atom stereocenters. The maximum absolute atomic E-state index is 13.2. The zero-order valence-corrected chi connectivity index (χ0v) is 13.8. The number of amides is 1. The molecule has 2 heterocycles. The Morgan fingerprint density at radius 2 is 1.50 bits per heavy atom. The summed E-state index contributed by atoms with van der Waals surface area (Å²) in [5, 5.41) is 2.98. The fourth-order valence-corrected chi connectivity index (χ4v) is 3.45. The number of hydrogen-bond acceptors (Lipinski definition) is 2. The number of ether oxygens (including phenoxy) is 1. The van der Waals surface area contributed by atoms with Crippen LogP contribution in [0.1, 0.15) is 17.0 Å². The van der Waals surface area contributed by atoms with E-state index in [1.165, 1.54) is 0 Å². The van der Waals surface area contributed by atoms with Crippen molar-refractivity contribution in [2.75, 3.05) is 5.32 Å². The van der Waals surface area contributed by atoms with Gasteiger partial charge in [-0.05, 0) is 24.3 Å². The van der Waals surface area contributed by atoms with E-state index in [-0.39, 0.29) is 5.91 Å². The van der Waals surface area contributed by atoms with Gasteiger partial charge in [-0.2, -0.15) is 0 Å². The van der Waals surface area contributed by atoms with Gasteiger partial charge in [-0.15, -0.1) is 0 Å². The van der Waals surface area contributed by atoms with E-state index in [1.54, 1.807) is 0 Å². The highest BCUT2D eigenvalue weighted by atomic mass is 16.5. The highest BCUT2D eigenvalue weighted by molar-refractivity contribution is 5.98. The molecule has 0 spiro atoms. The number of anilines is 1. The van der Waals surface area contributed by atoms with Crippen molar-refractivity contribution >= 4 is 22.9 Å². The first-order valence-electron chi connectivity index (χ1n) is 8.46. The summed E-state index contributed by atoms with van der Waals surface area (Å²) in [4.78, 5) is 19.6. The van der Waals surface area contributed by atoms with Crippen LogP contribution in [-0.2, 0) is 4.79 Å². The minimum absolute atomic E-state index is 0.115. The molecule has 0 fully saturated rings. The molecule has 0 radical (unpaired) electrons. The summed E-state index contributed by atoms with van der Waals surface area (Å²) in [6.45, 7) is 0. The quantitative estimate of drug-likeness (QED) is 0.581. The summed E-state index contributed by atoms with van der Waals surface area (Å²) in [6, 6.07) is 23.1. The van der Waals surface area contributed by atoms with E-state index < -0.39 is 5.92 Å². The van der Waals surface area contributed by atoms with Crippen molar-refractivity contribution < 1.29 is 14.5 Å². The summed E-state index contributed by atoms with van der Waals surface area (Å²) in [5.41, 5.74) is 3.60. The van der Waals surface area contributed by atoms with Crippen molar-refractivity contribution in [3.05, 3.63) is 83.9 Å². The van der Waals surface area contributed by atoms with E-state index in [0.717, 1.165) is 22.2 Å². The lowest BCUT2D eigenvalue weighted by Crippen LogP contribution is -2.27. The molecule has 1 aromatic heterocycles. The number of aromatic amines is 2. The van der Waals surface area contributed by atoms with Crippen molar-refractivity contribution in [3.8, 4) is 11.5 Å². The summed E-state index contributed by atoms with van der Waals surface area (Å²) in [7, 11) is 0. The maximum Gasteiger partial charge on any atom is 0.360 e. The molecule has 0 saturated carbocycles. The van der Waals surface area contributed by atoms with E-state index in [4.69, 9.17) is 4.74 Å². The number of benzene rings is 3. The van der Waals surface area contributed by atoms with Crippen LogP contribution in [0.25, 0.3) is 11.0 Å². The fourth-order valence-electron chi connectivity index (χ4n) is 3.45. The summed E-state index contributed by atoms with van der Waals surface area (Å²) in [6.07, 6.45) is 0. The van der Waals surface area contributed by atoms with Crippen LogP contribution in [-0.4, -0.2) is 10.9 Å². The van der Waals surface area contributed by atoms with E-state index in [9.17, 15) is 4.79 Å². The minimum atomic E-state index is -0.434. The number of hydrogen-bond donors (Lipinski definition) is 2. The third kappa shape index (κ3) is 2.33. The number of carbonyl (C=O) groups is 1. The molecule has 0 aliphatic carbocycles. The standard InChI is InChI=1S/C21H15N3O2/c25-20(24-21-22-15-9-3-4-10-16(15)23-21)19-13-7-1-5-11-17(13)26-18-12-6-2-8-14(18)19/h1-12,19H,(H2,22,23,24,25)/p+1. The first kappa shape index (κ1) is 14.7. The van der Waals surface area contributed by atoms with Crippen molar-refractivity contribution in [1.29, 1.82) is 0 Å². The molecule has 5 heteroatoms. The van der Waals surface area contributed by atoms with E-state index in [1.807, 2.05) is 72.8 Å². The van der Waals surface area contributed by atoms with Crippen LogP contribution in [0.3, 0.4) is 0 Å². The Kier molecular flexibility index (Phi) is 3.25. The van der Waals surface area contributed by atoms with Gasteiger partial charge in [0.1, 0.15) is 28.5 Å². The predicted molar refractivity (Wildman–Crippen MR) is 98.3 cm³/mol. The van der Waals surface area contributed by atoms with Gasteiger partial charge >= 0.3 is 5.95 Å². The molecule has 5 rings (SSSR count). The Hall–Kier alpha value is -3.60. The Morgan fingerprint density at radius 1 is 0.885 bits per heavy atom. The van der Waals surface area contributed by atoms with E-state index >= 15 is 0 Å². The number of imidazole rings is 1. The number of H-pyrrole nitrogens is 2. The second-order valence-corrected chi connectivity index (χ2v) is 6.27. The second kappa shape index (κ2) is 5.74. The lowest BCUT2D eigenvalue weighted by molar-refractivity contribution is -0.326. The molecule has 26 heavy (non-hydrogen) atoms. The molecule has 0 unspecified atom stereocenters. The van der Waals surface area contributed by atoms with Gasteiger partial charge in [0.25, 0.3) is 5.91 Å². The number of fused-ring (bicyclic) bond motifs is 3. The molecule has 0 bridgehead atoms. The van der Waals surface area contributed by atoms with Gasteiger partial charge in [0.05, 0.1) is 0 Å². The third-order valence-corrected chi connectivity index (χ3v) is 4.64. The van der Waals surface area contributed by atoms with Crippen molar-refractivity contribution in [2.45, 2.75) is 5.92 Å². The van der Waals surface area contributed by atoms with Gasteiger partial charge in [-0.25, -0.2) is 15.3 Å². The molecular formula is C21H16N3O2+. The normalized spacial score (nSPS) is 12.9. The zero-order chi connectivity index (χ0) is 17.5. The highest BCUT2D eigenvalue weighted by Gasteiger charge is 2.34. The summed E-state index contributed by atoms with van der Waals surface area (Å²) < 4.78 is 5.96. The van der Waals surface area contributed by atoms with Crippen molar-refractivity contribution in [3.63, 3.8) is 0 Å². The lowest BCUT2D eigenvalue weighted by atomic mass is 9.87. The highest BCUT2D eigenvalue weighted by Crippen LogP contribution is 2.44. The number of carbonyl (C=O) groups excluding carboxylic acids is 1. The molecule has 5 nitrogen and oxygen atoms in total. The number of rotatable bonds is 2. The van der Waals surface area contributed by atoms with Crippen LogP contribution in [0.5, 0.6) is 11.5 Å². The van der Waals surface area contributed by atoms with Gasteiger partial charge in [0, 0.05) is 11.1 Å². The first-order valence-corrected chi connectivity index (χ1v) is 8.46. The largest absolute Gasteiger partial charge is 0.457 e. The van der Waals surface area contributed by atoms with Crippen LogP contribution >= 0.6 is 0 Å². The SMILES string of the molecule is O=C(Nc1[nH]c2ccccc2[nH+]1)C1c2ccccc2Oc2ccccc21. The molecule has 3 aromatic carbocycles. The van der Waals surface area contributed by atoms with Gasteiger partial charge in [0.2, 0.25) is 0 Å². The van der Waals surface area contributed by atoms with Crippen LogP contribution < -0.4 is 15.0 Å². The van der Waals surface area contributed by atoms with E-state index in [2.05, 4.69) is 15.3 Å². The van der Waals surface area contributed by atoms with Crippen molar-refractivity contribution in [1.82, 2.24) is 4.98 Å². The third-order valence-electron chi connectivity index (χ3n) is 4.64. The van der Waals surface area contributed by atoms with Gasteiger partial charge in [-0.1, -0.05) is 48.5 Å². The van der Waals surface area contributed by atoms with Crippen molar-refractivity contribution in [2.24, 2.45) is 0 Å². The average Bonchev–Trinajstić information content (AvgIpc) is 3.08. The predicted octanol–water partition coefficient (Wildman–Crippen LogP) is 3.86. The Labute approximate surface area is 149 Å². The maximum atomic E-state index is 13.2. The Balaban J connectivity index is 1.55. The number of nitrogens with one attached hydrogen (secondary N) is 3. The van der Waals surface area contributed by atoms with Gasteiger partial charge in [-0.3, -0.25) is 4.79 Å². The smallest absolute Gasteiger partial charge is 0.360 e. The van der Waals surface area contributed by atoms with Crippen LogP contribution in [0, 0.1) is 0 Å². The van der Waals surface area contributed by atoms with Crippen LogP contribution in [0.2, 0.25) is 0 Å². The van der Waals surface area contributed by atoms with Gasteiger partial charge in [0.15, 0.2) is 0 Å². The summed E-state index contributed by atoms with van der Waals surface area (Å²) in [5.74, 6) is 1.45. The second-order valence-electron chi connectivity index (χ2n) is 6.27. The monoisotopic (exact) mass is 342 g/mol. The van der Waals surface area contributed by atoms with E-state index in [0.29, 0.717) is 17.4 Å². The molecule has 1 aliphatic rings. The molecule has 1 amide bonds. The molecule has 4 aromatic rings. The Morgan fingerprint density at radius 3 is 2.19 bits per heavy atom. The molecule has 3 N–H and O–H groups in total. The first-order chi connectivity index (χ1) is 12.8. The average molecular weight is 342 g/mol. The molecular weight excluding hydrogens is 326 g/mol. The zero-order valence-electron chi connectivity index (χ0n) is 13.8. The molecule has 0 saturated heterocycles. The number of aromatic nitrogens is 2. The molecule has 126 valence electrons. The van der Waals surface area contributed by atoms with Gasteiger partial charge < -0.3 is 4.74 Å². The topological polar surface area (TPSA) is 68.3 Å². The Bertz CT molecular complexity index is 1050. The fraction of sp³-hybridized carbons (Fsp3) is 0.0476.